The highest BCUT2D eigenvalue weighted by molar-refractivity contribution is 6.31. The molecule has 0 radical (unpaired) electrons. The first-order valence-corrected chi connectivity index (χ1v) is 11.6. The molecule has 33 heavy (non-hydrogen) atoms. The highest BCUT2D eigenvalue weighted by Gasteiger charge is 2.32. The maximum Gasteiger partial charge on any atom is 0.316 e. The molecule has 2 fully saturated rings. The summed E-state index contributed by atoms with van der Waals surface area (Å²) in [6.07, 6.45) is 5.95. The van der Waals surface area contributed by atoms with Crippen molar-refractivity contribution in [2.75, 3.05) is 6.61 Å². The van der Waals surface area contributed by atoms with E-state index in [0.717, 1.165) is 0 Å². The van der Waals surface area contributed by atoms with Gasteiger partial charge in [0.15, 0.2) is 0 Å². The maximum absolute atomic E-state index is 15.4. The molecule has 0 bridgehead atoms. The molecule has 2 atom stereocenters. The van der Waals surface area contributed by atoms with Crippen LogP contribution >= 0.6 is 11.6 Å². The van der Waals surface area contributed by atoms with Crippen LogP contribution in [0, 0.1) is 11.7 Å². The fourth-order valence-electron chi connectivity index (χ4n) is 3.66. The first-order chi connectivity index (χ1) is 15.9. The molecule has 1 aliphatic carbocycles. The van der Waals surface area contributed by atoms with Crippen molar-refractivity contribution in [2.24, 2.45) is 5.92 Å². The molecule has 1 saturated carbocycles. The number of nitrogens with zero attached hydrogens (tertiary/aromatic N) is 2. The van der Waals surface area contributed by atoms with Gasteiger partial charge in [-0.05, 0) is 31.2 Å². The Morgan fingerprint density at radius 1 is 1.30 bits per heavy atom. The number of amides is 2. The minimum Gasteiger partial charge on any atom is -0.463 e. The van der Waals surface area contributed by atoms with Crippen LogP contribution in [-0.2, 0) is 16.1 Å². The van der Waals surface area contributed by atoms with Gasteiger partial charge in [0, 0.05) is 54.5 Å². The number of nitrogens with one attached hydrogen (secondary N) is 3. The highest BCUT2D eigenvalue weighted by Crippen LogP contribution is 2.32. The zero-order valence-electron chi connectivity index (χ0n) is 18.4. The predicted molar refractivity (Wildman–Crippen MR) is 120 cm³/mol. The Hall–Kier alpha value is -2.78. The number of benzene rings is 1. The smallest absolute Gasteiger partial charge is 0.316 e. The van der Waals surface area contributed by atoms with Gasteiger partial charge in [-0.3, -0.25) is 14.9 Å². The second-order valence-electron chi connectivity index (χ2n) is 8.44. The summed E-state index contributed by atoms with van der Waals surface area (Å²) in [5.41, 5.74) is 1.10. The molecule has 4 rings (SSSR count). The predicted octanol–water partition coefficient (Wildman–Crippen LogP) is 3.32. The molecular formula is C23H27ClFN5O3. The van der Waals surface area contributed by atoms with Crippen LogP contribution in [-0.4, -0.2) is 28.4 Å². The van der Waals surface area contributed by atoms with Gasteiger partial charge < -0.3 is 15.4 Å². The van der Waals surface area contributed by atoms with Crippen molar-refractivity contribution in [1.82, 2.24) is 25.9 Å². The Labute approximate surface area is 196 Å². The summed E-state index contributed by atoms with van der Waals surface area (Å²) in [4.78, 5) is 32.7. The Bertz CT molecular complexity index is 1020. The van der Waals surface area contributed by atoms with Crippen molar-refractivity contribution < 1.29 is 18.7 Å². The third kappa shape index (κ3) is 5.97. The van der Waals surface area contributed by atoms with E-state index in [2.05, 4.69) is 25.9 Å². The molecule has 1 saturated heterocycles. The average molecular weight is 476 g/mol. The van der Waals surface area contributed by atoms with Crippen LogP contribution in [0.25, 0.3) is 0 Å². The molecule has 8 nitrogen and oxygen atoms in total. The molecular weight excluding hydrogens is 449 g/mol. The molecule has 176 valence electrons. The van der Waals surface area contributed by atoms with Gasteiger partial charge in [-0.1, -0.05) is 24.6 Å². The van der Waals surface area contributed by atoms with Gasteiger partial charge >= 0.3 is 6.01 Å². The van der Waals surface area contributed by atoms with Crippen LogP contribution in [0.15, 0.2) is 24.5 Å². The maximum atomic E-state index is 15.4. The number of ether oxygens (including phenoxy) is 1. The molecule has 0 spiro atoms. The second kappa shape index (κ2) is 10.4. The second-order valence-corrected chi connectivity index (χ2v) is 8.85. The van der Waals surface area contributed by atoms with Gasteiger partial charge in [-0.25, -0.2) is 14.4 Å². The van der Waals surface area contributed by atoms with E-state index in [4.69, 9.17) is 16.3 Å². The standard InChI is InChI=1S/C23H27ClFN5O3/c1-2-3-18(31)26-9-14-6-7-16(24)20(21(14)25)22-29-17(8-19(32)30-22)15-10-27-23(28-11-15)33-12-13-4-5-13/h6-7,10-11,13,17,22,29H,2-5,8-9,12H2,1H3,(H,26,31)(H,30,32). The third-order valence-electron chi connectivity index (χ3n) is 5.71. The van der Waals surface area contributed by atoms with E-state index >= 15 is 4.39 Å². The summed E-state index contributed by atoms with van der Waals surface area (Å²) < 4.78 is 20.9. The first-order valence-electron chi connectivity index (χ1n) is 11.2. The lowest BCUT2D eigenvalue weighted by atomic mass is 9.99. The lowest BCUT2D eigenvalue weighted by molar-refractivity contribution is -0.124. The van der Waals surface area contributed by atoms with Crippen molar-refractivity contribution in [3.63, 3.8) is 0 Å². The van der Waals surface area contributed by atoms with Gasteiger partial charge in [-0.2, -0.15) is 0 Å². The summed E-state index contributed by atoms with van der Waals surface area (Å²) in [7, 11) is 0. The molecule has 2 heterocycles. The molecule has 1 aromatic heterocycles. The Morgan fingerprint density at radius 2 is 2.06 bits per heavy atom. The van der Waals surface area contributed by atoms with E-state index in [0.29, 0.717) is 36.9 Å². The lowest BCUT2D eigenvalue weighted by Crippen LogP contribution is -2.47. The molecule has 2 aliphatic rings. The van der Waals surface area contributed by atoms with E-state index < -0.39 is 18.0 Å². The Kier molecular flexibility index (Phi) is 7.39. The van der Waals surface area contributed by atoms with Gasteiger partial charge in [0.2, 0.25) is 11.8 Å². The number of carbonyl (C=O) groups excluding carboxylic acids is 2. The van der Waals surface area contributed by atoms with Crippen LogP contribution < -0.4 is 20.7 Å². The molecule has 2 amide bonds. The summed E-state index contributed by atoms with van der Waals surface area (Å²) in [6.45, 7) is 2.54. The number of carbonyl (C=O) groups is 2. The van der Waals surface area contributed by atoms with Crippen molar-refractivity contribution in [2.45, 2.75) is 57.8 Å². The van der Waals surface area contributed by atoms with Crippen molar-refractivity contribution in [3.8, 4) is 6.01 Å². The highest BCUT2D eigenvalue weighted by atomic mass is 35.5. The van der Waals surface area contributed by atoms with Crippen molar-refractivity contribution >= 4 is 23.4 Å². The number of rotatable bonds is 9. The van der Waals surface area contributed by atoms with Gasteiger partial charge in [0.25, 0.3) is 0 Å². The summed E-state index contributed by atoms with van der Waals surface area (Å²) >= 11 is 6.31. The minimum absolute atomic E-state index is 0.0368. The summed E-state index contributed by atoms with van der Waals surface area (Å²) in [5, 5.41) is 8.85. The van der Waals surface area contributed by atoms with Crippen LogP contribution in [0.1, 0.15) is 67.9 Å². The Balaban J connectivity index is 1.48. The average Bonchev–Trinajstić information content (AvgIpc) is 3.62. The zero-order chi connectivity index (χ0) is 23.4. The number of aromatic nitrogens is 2. The summed E-state index contributed by atoms with van der Waals surface area (Å²) in [5.74, 6) is -0.386. The van der Waals surface area contributed by atoms with Gasteiger partial charge in [0.05, 0.1) is 11.6 Å². The van der Waals surface area contributed by atoms with Crippen LogP contribution in [0.4, 0.5) is 4.39 Å². The lowest BCUT2D eigenvalue weighted by Gasteiger charge is -2.32. The van der Waals surface area contributed by atoms with Crippen LogP contribution in [0.3, 0.4) is 0 Å². The normalized spacial score (nSPS) is 20.3. The largest absolute Gasteiger partial charge is 0.463 e. The van der Waals surface area contributed by atoms with Gasteiger partial charge in [-0.15, -0.1) is 0 Å². The number of hydrogen-bond donors (Lipinski definition) is 3. The zero-order valence-corrected chi connectivity index (χ0v) is 19.1. The van der Waals surface area contributed by atoms with Crippen LogP contribution in [0.2, 0.25) is 5.02 Å². The Morgan fingerprint density at radius 3 is 2.76 bits per heavy atom. The van der Waals surface area contributed by atoms with Gasteiger partial charge in [0.1, 0.15) is 12.0 Å². The van der Waals surface area contributed by atoms with Crippen molar-refractivity contribution in [3.05, 3.63) is 52.1 Å². The number of hydrogen-bond acceptors (Lipinski definition) is 6. The molecule has 3 N–H and O–H groups in total. The molecule has 10 heteroatoms. The summed E-state index contributed by atoms with van der Waals surface area (Å²) in [6, 6.07) is 2.97. The first kappa shape index (κ1) is 23.4. The molecule has 1 aliphatic heterocycles. The van der Waals surface area contributed by atoms with E-state index in [9.17, 15) is 9.59 Å². The molecule has 2 unspecified atom stereocenters. The fourth-order valence-corrected chi connectivity index (χ4v) is 3.91. The fraction of sp³-hybridized carbons (Fsp3) is 0.478. The minimum atomic E-state index is -0.846. The van der Waals surface area contributed by atoms with Crippen LogP contribution in [0.5, 0.6) is 6.01 Å². The third-order valence-corrected chi connectivity index (χ3v) is 6.04. The van der Waals surface area contributed by atoms with E-state index in [-0.39, 0.29) is 40.9 Å². The monoisotopic (exact) mass is 475 g/mol. The van der Waals surface area contributed by atoms with E-state index in [1.807, 2.05) is 6.92 Å². The molecule has 1 aromatic carbocycles. The van der Waals surface area contributed by atoms with Crippen molar-refractivity contribution in [1.29, 1.82) is 0 Å². The topological polar surface area (TPSA) is 105 Å². The SMILES string of the molecule is CCCC(=O)NCc1ccc(Cl)c(C2NC(=O)CC(c3cnc(OCC4CC4)nc3)N2)c1F. The molecule has 2 aromatic rings. The number of halogens is 2. The van der Waals surface area contributed by atoms with E-state index in [1.165, 1.54) is 18.9 Å². The quantitative estimate of drug-likeness (QED) is 0.514. The van der Waals surface area contributed by atoms with E-state index in [1.54, 1.807) is 18.5 Å².